The van der Waals surface area contributed by atoms with Crippen LogP contribution < -0.4 is 19.5 Å². The first-order chi connectivity index (χ1) is 9.69. The lowest BCUT2D eigenvalue weighted by molar-refractivity contribution is 0.324. The lowest BCUT2D eigenvalue weighted by Crippen LogP contribution is -2.19. The van der Waals surface area contributed by atoms with Crippen LogP contribution in [0, 0.1) is 0 Å². The molecule has 0 aliphatic heterocycles. The van der Waals surface area contributed by atoms with E-state index < -0.39 is 0 Å². The van der Waals surface area contributed by atoms with Crippen LogP contribution in [0.25, 0.3) is 0 Å². The molecule has 0 fully saturated rings. The molecule has 0 unspecified atom stereocenters. The average molecular weight is 281 g/mol. The van der Waals surface area contributed by atoms with E-state index in [0.29, 0.717) is 23.3 Å². The van der Waals surface area contributed by atoms with Gasteiger partial charge in [-0.1, -0.05) is 26.7 Å². The molecule has 20 heavy (non-hydrogen) atoms. The molecule has 1 aromatic carbocycles. The van der Waals surface area contributed by atoms with E-state index in [1.807, 2.05) is 12.1 Å². The molecule has 0 radical (unpaired) electrons. The summed E-state index contributed by atoms with van der Waals surface area (Å²) in [4.78, 5) is 0. The molecule has 0 aliphatic rings. The first-order valence-corrected chi connectivity index (χ1v) is 7.26. The fourth-order valence-corrected chi connectivity index (χ4v) is 2.39. The molecule has 4 heteroatoms. The minimum Gasteiger partial charge on any atom is -0.493 e. The van der Waals surface area contributed by atoms with E-state index in [-0.39, 0.29) is 0 Å². The lowest BCUT2D eigenvalue weighted by atomic mass is 10.1. The van der Waals surface area contributed by atoms with E-state index in [1.165, 1.54) is 12.8 Å². The van der Waals surface area contributed by atoms with Crippen molar-refractivity contribution >= 4 is 5.69 Å². The van der Waals surface area contributed by atoms with E-state index in [4.69, 9.17) is 14.2 Å². The molecule has 1 rings (SSSR count). The number of ether oxygens (including phenoxy) is 3. The predicted octanol–water partition coefficient (Wildman–Crippen LogP) is 4.09. The zero-order valence-electron chi connectivity index (χ0n) is 13.3. The predicted molar refractivity (Wildman–Crippen MR) is 83.3 cm³/mol. The highest BCUT2D eigenvalue weighted by molar-refractivity contribution is 5.62. The second-order valence-corrected chi connectivity index (χ2v) is 4.83. The van der Waals surface area contributed by atoms with Crippen LogP contribution in [-0.2, 0) is 0 Å². The van der Waals surface area contributed by atoms with Crippen LogP contribution in [0.4, 0.5) is 5.69 Å². The third kappa shape index (κ3) is 4.22. The minimum absolute atomic E-state index is 0.479. The molecule has 1 aromatic rings. The van der Waals surface area contributed by atoms with Gasteiger partial charge < -0.3 is 19.5 Å². The Bertz CT molecular complexity index is 376. The van der Waals surface area contributed by atoms with Gasteiger partial charge >= 0.3 is 0 Å². The molecule has 0 atom stereocenters. The van der Waals surface area contributed by atoms with Crippen molar-refractivity contribution in [3.05, 3.63) is 12.1 Å². The van der Waals surface area contributed by atoms with Crippen molar-refractivity contribution in [3.63, 3.8) is 0 Å². The van der Waals surface area contributed by atoms with Gasteiger partial charge in [0.1, 0.15) is 0 Å². The molecule has 0 heterocycles. The summed E-state index contributed by atoms with van der Waals surface area (Å²) >= 11 is 0. The Morgan fingerprint density at radius 3 is 1.75 bits per heavy atom. The Kier molecular flexibility index (Phi) is 7.05. The van der Waals surface area contributed by atoms with Gasteiger partial charge in [-0.25, -0.2) is 0 Å². The highest BCUT2D eigenvalue weighted by atomic mass is 16.5. The Morgan fingerprint density at radius 2 is 1.40 bits per heavy atom. The van der Waals surface area contributed by atoms with Crippen molar-refractivity contribution in [1.82, 2.24) is 0 Å². The third-order valence-electron chi connectivity index (χ3n) is 3.31. The van der Waals surface area contributed by atoms with Crippen LogP contribution in [0.2, 0.25) is 0 Å². The van der Waals surface area contributed by atoms with Gasteiger partial charge in [0, 0.05) is 23.9 Å². The summed E-state index contributed by atoms with van der Waals surface area (Å²) in [5, 5.41) is 3.57. The molecule has 0 saturated carbocycles. The number of methoxy groups -OCH3 is 3. The molecule has 0 spiro atoms. The Hall–Kier alpha value is -1.58. The molecule has 1 N–H and O–H groups in total. The Balaban J connectivity index is 2.99. The van der Waals surface area contributed by atoms with Crippen molar-refractivity contribution in [1.29, 1.82) is 0 Å². The molecule has 0 saturated heterocycles. The average Bonchev–Trinajstić information content (AvgIpc) is 2.46. The molecular weight excluding hydrogens is 254 g/mol. The summed E-state index contributed by atoms with van der Waals surface area (Å²) in [6.45, 7) is 4.42. The van der Waals surface area contributed by atoms with Crippen molar-refractivity contribution in [3.8, 4) is 17.2 Å². The second-order valence-electron chi connectivity index (χ2n) is 4.83. The monoisotopic (exact) mass is 281 g/mol. The van der Waals surface area contributed by atoms with Crippen LogP contribution in [0.5, 0.6) is 17.2 Å². The smallest absolute Gasteiger partial charge is 0.203 e. The van der Waals surface area contributed by atoms with E-state index in [1.54, 1.807) is 21.3 Å². The van der Waals surface area contributed by atoms with Gasteiger partial charge in [-0.05, 0) is 12.8 Å². The van der Waals surface area contributed by atoms with E-state index in [0.717, 1.165) is 18.5 Å². The summed E-state index contributed by atoms with van der Waals surface area (Å²) < 4.78 is 16.1. The quantitative estimate of drug-likeness (QED) is 0.740. The molecule has 0 aromatic heterocycles. The molecule has 0 bridgehead atoms. The molecule has 0 aliphatic carbocycles. The summed E-state index contributed by atoms with van der Waals surface area (Å²) in [5.74, 6) is 1.99. The van der Waals surface area contributed by atoms with E-state index >= 15 is 0 Å². The van der Waals surface area contributed by atoms with Gasteiger partial charge in [-0.2, -0.15) is 0 Å². The van der Waals surface area contributed by atoms with Gasteiger partial charge in [0.05, 0.1) is 21.3 Å². The standard InChI is InChI=1S/C16H27NO3/c1-6-8-12(9-7-2)17-13-10-14(18-3)16(20-5)15(11-13)19-4/h10-12,17H,6-9H2,1-5H3. The molecule has 114 valence electrons. The van der Waals surface area contributed by atoms with Crippen LogP contribution in [0.1, 0.15) is 39.5 Å². The van der Waals surface area contributed by atoms with Crippen LogP contribution in [-0.4, -0.2) is 27.4 Å². The number of hydrogen-bond donors (Lipinski definition) is 1. The summed E-state index contributed by atoms with van der Waals surface area (Å²) in [7, 11) is 4.89. The van der Waals surface area contributed by atoms with Gasteiger partial charge in [0.2, 0.25) is 5.75 Å². The maximum atomic E-state index is 5.38. The topological polar surface area (TPSA) is 39.7 Å². The first-order valence-electron chi connectivity index (χ1n) is 7.26. The fraction of sp³-hybridized carbons (Fsp3) is 0.625. The largest absolute Gasteiger partial charge is 0.493 e. The Labute approximate surface area is 122 Å². The molecule has 4 nitrogen and oxygen atoms in total. The maximum Gasteiger partial charge on any atom is 0.203 e. The van der Waals surface area contributed by atoms with Crippen LogP contribution in [0.3, 0.4) is 0 Å². The lowest BCUT2D eigenvalue weighted by Gasteiger charge is -2.21. The maximum absolute atomic E-state index is 5.38. The Morgan fingerprint density at radius 1 is 0.900 bits per heavy atom. The van der Waals surface area contributed by atoms with Gasteiger partial charge in [-0.15, -0.1) is 0 Å². The zero-order valence-corrected chi connectivity index (χ0v) is 13.3. The van der Waals surface area contributed by atoms with Crippen molar-refractivity contribution in [2.75, 3.05) is 26.6 Å². The van der Waals surface area contributed by atoms with Crippen LogP contribution in [0.15, 0.2) is 12.1 Å². The highest BCUT2D eigenvalue weighted by Crippen LogP contribution is 2.40. The first kappa shape index (κ1) is 16.5. The van der Waals surface area contributed by atoms with Crippen molar-refractivity contribution in [2.24, 2.45) is 0 Å². The van der Waals surface area contributed by atoms with Crippen molar-refractivity contribution < 1.29 is 14.2 Å². The number of anilines is 1. The van der Waals surface area contributed by atoms with Crippen LogP contribution >= 0.6 is 0 Å². The number of benzene rings is 1. The summed E-state index contributed by atoms with van der Waals surface area (Å²) in [6, 6.07) is 4.40. The second kappa shape index (κ2) is 8.56. The van der Waals surface area contributed by atoms with E-state index in [9.17, 15) is 0 Å². The zero-order chi connectivity index (χ0) is 15.0. The summed E-state index contributed by atoms with van der Waals surface area (Å²) in [6.07, 6.45) is 4.65. The van der Waals surface area contributed by atoms with Crippen molar-refractivity contribution in [2.45, 2.75) is 45.6 Å². The van der Waals surface area contributed by atoms with E-state index in [2.05, 4.69) is 19.2 Å². The van der Waals surface area contributed by atoms with Gasteiger partial charge in [-0.3, -0.25) is 0 Å². The molecular formula is C16H27NO3. The number of hydrogen-bond acceptors (Lipinski definition) is 4. The normalized spacial score (nSPS) is 10.5. The van der Waals surface area contributed by atoms with Gasteiger partial charge in [0.25, 0.3) is 0 Å². The number of rotatable bonds is 9. The molecule has 0 amide bonds. The highest BCUT2D eigenvalue weighted by Gasteiger charge is 2.15. The number of nitrogens with one attached hydrogen (secondary N) is 1. The third-order valence-corrected chi connectivity index (χ3v) is 3.31. The fourth-order valence-electron chi connectivity index (χ4n) is 2.39. The minimum atomic E-state index is 0.479. The van der Waals surface area contributed by atoms with Gasteiger partial charge in [0.15, 0.2) is 11.5 Å². The SMILES string of the molecule is CCCC(CCC)Nc1cc(OC)c(OC)c(OC)c1. The summed E-state index contributed by atoms with van der Waals surface area (Å²) in [5.41, 5.74) is 1.01.